The highest BCUT2D eigenvalue weighted by Gasteiger charge is 2.23. The van der Waals surface area contributed by atoms with Gasteiger partial charge in [-0.3, -0.25) is 0 Å². The van der Waals surface area contributed by atoms with Crippen LogP contribution in [0, 0.1) is 6.92 Å². The minimum atomic E-state index is -0.333. The molecule has 0 saturated heterocycles. The van der Waals surface area contributed by atoms with Crippen molar-refractivity contribution in [1.82, 2.24) is 0 Å². The molecule has 2 aromatic rings. The number of ether oxygens (including phenoxy) is 1. The van der Waals surface area contributed by atoms with Crippen LogP contribution in [0.3, 0.4) is 0 Å². The molecule has 25 heavy (non-hydrogen) atoms. The van der Waals surface area contributed by atoms with Crippen LogP contribution in [-0.4, -0.2) is 25.0 Å². The lowest BCUT2D eigenvalue weighted by molar-refractivity contribution is -0.129. The lowest BCUT2D eigenvalue weighted by Crippen LogP contribution is -2.16. The first kappa shape index (κ1) is 19.0. The number of fused-ring (bicyclic) bond motifs is 1. The molecule has 0 atom stereocenters. The van der Waals surface area contributed by atoms with Crippen LogP contribution >= 0.6 is 11.3 Å². The van der Waals surface area contributed by atoms with Gasteiger partial charge >= 0.3 is 5.97 Å². The Hall–Kier alpha value is -2.37. The molecule has 0 radical (unpaired) electrons. The zero-order valence-corrected chi connectivity index (χ0v) is 15.6. The zero-order valence-electron chi connectivity index (χ0n) is 14.8. The molecular weight excluding hydrogens is 334 g/mol. The van der Waals surface area contributed by atoms with Gasteiger partial charge in [-0.1, -0.05) is 18.7 Å². The summed E-state index contributed by atoms with van der Waals surface area (Å²) in [6, 6.07) is 8.03. The molecule has 0 fully saturated rings. The second-order valence-electron chi connectivity index (χ2n) is 5.89. The fraction of sp³-hybridized carbons (Fsp3) is 0.250. The number of carbonyl (C=O) groups excluding carboxylic acids is 1. The van der Waals surface area contributed by atoms with Crippen molar-refractivity contribution < 1.29 is 15.0 Å². The molecule has 1 aliphatic heterocycles. The van der Waals surface area contributed by atoms with Gasteiger partial charge in [0.15, 0.2) is 0 Å². The van der Waals surface area contributed by atoms with Crippen molar-refractivity contribution in [3.8, 4) is 5.75 Å². The number of allylic oxidation sites excluding steroid dienone is 1. The summed E-state index contributed by atoms with van der Waals surface area (Å²) in [5.41, 5.74) is 4.36. The molecule has 3 rings (SSSR count). The molecule has 1 aromatic carbocycles. The van der Waals surface area contributed by atoms with Crippen LogP contribution in [0.25, 0.3) is 5.57 Å². The minimum Gasteiger partial charge on any atom is -0.423 e. The Balaban J connectivity index is 0.00000225. The summed E-state index contributed by atoms with van der Waals surface area (Å²) in [5, 5.41) is 2.01. The van der Waals surface area contributed by atoms with Crippen LogP contribution in [0.15, 0.2) is 47.9 Å². The summed E-state index contributed by atoms with van der Waals surface area (Å²) in [6.45, 7) is 9.14. The quantitative estimate of drug-likeness (QED) is 0.618. The van der Waals surface area contributed by atoms with E-state index in [0.29, 0.717) is 17.7 Å². The van der Waals surface area contributed by atoms with Gasteiger partial charge in [0.1, 0.15) is 5.75 Å². The maximum Gasteiger partial charge on any atom is 0.343 e. The minimum absolute atomic E-state index is 0. The molecule has 0 unspecified atom stereocenters. The van der Waals surface area contributed by atoms with Crippen molar-refractivity contribution in [2.75, 3.05) is 18.5 Å². The molecule has 0 bridgehead atoms. The second-order valence-corrected chi connectivity index (χ2v) is 7.01. The van der Waals surface area contributed by atoms with E-state index in [4.69, 9.17) is 4.74 Å². The normalized spacial score (nSPS) is 13.1. The fourth-order valence-electron chi connectivity index (χ4n) is 2.77. The van der Waals surface area contributed by atoms with E-state index in [0.717, 1.165) is 33.8 Å². The number of rotatable bonds is 4. The fourth-order valence-corrected chi connectivity index (χ4v) is 3.49. The molecule has 4 nitrogen and oxygen atoms in total. The van der Waals surface area contributed by atoms with Gasteiger partial charge in [0.05, 0.1) is 5.57 Å². The second kappa shape index (κ2) is 7.68. The number of hydrogen-bond donors (Lipinski definition) is 0. The summed E-state index contributed by atoms with van der Waals surface area (Å²) in [5.74, 6) is 0.305. The molecular formula is C20H23NO3S. The van der Waals surface area contributed by atoms with Gasteiger partial charge in [-0.25, -0.2) is 4.79 Å². The topological polar surface area (TPSA) is 61.0 Å². The van der Waals surface area contributed by atoms with E-state index in [9.17, 15) is 4.79 Å². The molecule has 132 valence electrons. The van der Waals surface area contributed by atoms with Gasteiger partial charge in [0, 0.05) is 30.2 Å². The molecule has 2 heterocycles. The molecule has 1 aliphatic rings. The molecule has 2 N–H and O–H groups in total. The van der Waals surface area contributed by atoms with E-state index in [1.54, 1.807) is 11.3 Å². The summed E-state index contributed by atoms with van der Waals surface area (Å²) >= 11 is 1.65. The Morgan fingerprint density at radius 1 is 1.36 bits per heavy atom. The van der Waals surface area contributed by atoms with Crippen LogP contribution in [-0.2, 0) is 11.2 Å². The van der Waals surface area contributed by atoms with Gasteiger partial charge in [0.2, 0.25) is 0 Å². The van der Waals surface area contributed by atoms with Gasteiger partial charge in [-0.2, -0.15) is 0 Å². The van der Waals surface area contributed by atoms with E-state index in [-0.39, 0.29) is 11.4 Å². The summed E-state index contributed by atoms with van der Waals surface area (Å²) in [6.07, 6.45) is 2.59. The third-order valence-electron chi connectivity index (χ3n) is 4.42. The van der Waals surface area contributed by atoms with E-state index in [1.807, 2.05) is 43.6 Å². The molecule has 0 spiro atoms. The maximum atomic E-state index is 12.6. The molecule has 0 amide bonds. The average molecular weight is 357 g/mol. The van der Waals surface area contributed by atoms with Crippen molar-refractivity contribution in [1.29, 1.82) is 0 Å². The van der Waals surface area contributed by atoms with Crippen LogP contribution < -0.4 is 9.64 Å². The van der Waals surface area contributed by atoms with Gasteiger partial charge in [-0.15, -0.1) is 11.3 Å². The van der Waals surface area contributed by atoms with E-state index in [2.05, 4.69) is 24.5 Å². The smallest absolute Gasteiger partial charge is 0.343 e. The van der Waals surface area contributed by atoms with Gasteiger partial charge in [0.25, 0.3) is 0 Å². The van der Waals surface area contributed by atoms with Crippen molar-refractivity contribution in [2.24, 2.45) is 0 Å². The number of anilines is 1. The standard InChI is InChI=1S/C20H21NO2S.H2O/c1-5-21(4)16-8-6-15-7-9-18(20(22)23-19(15)12-16)13(2)17-10-11-24-14(17)3;/h6,8-12H,2,5,7H2,1,3-4H3;1H2. The van der Waals surface area contributed by atoms with Crippen LogP contribution in [0.4, 0.5) is 5.69 Å². The zero-order chi connectivity index (χ0) is 17.3. The average Bonchev–Trinajstić information content (AvgIpc) is 2.93. The van der Waals surface area contributed by atoms with Crippen molar-refractivity contribution in [3.05, 3.63) is 63.9 Å². The third kappa shape index (κ3) is 3.67. The predicted octanol–water partition coefficient (Wildman–Crippen LogP) is 3.79. The molecule has 0 aliphatic carbocycles. The van der Waals surface area contributed by atoms with E-state index >= 15 is 0 Å². The number of carbonyl (C=O) groups is 1. The molecule has 5 heteroatoms. The number of nitrogens with zero attached hydrogens (tertiary/aromatic N) is 1. The SMILES string of the molecule is C=C(C1=CCc2ccc(N(C)CC)cc2OC1=O)c1ccsc1C.O. The molecule has 1 aromatic heterocycles. The number of thiophene rings is 1. The lowest BCUT2D eigenvalue weighted by Gasteiger charge is -2.18. The van der Waals surface area contributed by atoms with Crippen LogP contribution in [0.2, 0.25) is 0 Å². The number of aryl methyl sites for hydroxylation is 1. The van der Waals surface area contributed by atoms with Crippen LogP contribution in [0.1, 0.15) is 22.9 Å². The summed E-state index contributed by atoms with van der Waals surface area (Å²) in [7, 11) is 2.02. The lowest BCUT2D eigenvalue weighted by atomic mass is 9.99. The Bertz CT molecular complexity index is 835. The Labute approximate surface area is 152 Å². The number of esters is 1. The highest BCUT2D eigenvalue weighted by molar-refractivity contribution is 7.10. The number of benzene rings is 1. The largest absolute Gasteiger partial charge is 0.423 e. The van der Waals surface area contributed by atoms with Gasteiger partial charge in [-0.05, 0) is 54.5 Å². The van der Waals surface area contributed by atoms with E-state index in [1.165, 1.54) is 0 Å². The van der Waals surface area contributed by atoms with Crippen LogP contribution in [0.5, 0.6) is 5.75 Å². The Morgan fingerprint density at radius 2 is 2.12 bits per heavy atom. The molecule has 0 saturated carbocycles. The number of hydrogen-bond acceptors (Lipinski definition) is 4. The van der Waals surface area contributed by atoms with Crippen molar-refractivity contribution in [2.45, 2.75) is 20.3 Å². The van der Waals surface area contributed by atoms with Gasteiger partial charge < -0.3 is 15.1 Å². The van der Waals surface area contributed by atoms with Crippen molar-refractivity contribution in [3.63, 3.8) is 0 Å². The predicted molar refractivity (Wildman–Crippen MR) is 105 cm³/mol. The Kier molecular flexibility index (Phi) is 5.82. The first-order chi connectivity index (χ1) is 11.5. The first-order valence-corrected chi connectivity index (χ1v) is 8.89. The monoisotopic (exact) mass is 357 g/mol. The highest BCUT2D eigenvalue weighted by atomic mass is 32.1. The Morgan fingerprint density at radius 3 is 2.76 bits per heavy atom. The van der Waals surface area contributed by atoms with E-state index < -0.39 is 0 Å². The highest BCUT2D eigenvalue weighted by Crippen LogP contribution is 2.33. The third-order valence-corrected chi connectivity index (χ3v) is 5.27. The first-order valence-electron chi connectivity index (χ1n) is 8.01. The van der Waals surface area contributed by atoms with Crippen molar-refractivity contribution >= 4 is 28.6 Å². The maximum absolute atomic E-state index is 12.6. The summed E-state index contributed by atoms with van der Waals surface area (Å²) < 4.78 is 5.67. The summed E-state index contributed by atoms with van der Waals surface area (Å²) in [4.78, 5) is 15.9.